The van der Waals surface area contributed by atoms with Crippen molar-refractivity contribution in [2.24, 2.45) is 11.7 Å². The monoisotopic (exact) mass is 489 g/mol. The highest BCUT2D eigenvalue weighted by Crippen LogP contribution is 2.18. The van der Waals surface area contributed by atoms with E-state index in [-0.39, 0.29) is 18.8 Å². The predicted octanol–water partition coefficient (Wildman–Crippen LogP) is -0.271. The number of aromatic amines is 1. The number of hydrogen-bond acceptors (Lipinski definition) is 6. The molecule has 1 heterocycles. The molecule has 0 spiro atoms. The van der Waals surface area contributed by atoms with Crippen LogP contribution in [0.5, 0.6) is 0 Å². The molecule has 1 aromatic carbocycles. The Morgan fingerprint density at radius 2 is 1.71 bits per heavy atom. The zero-order valence-electron chi connectivity index (χ0n) is 19.5. The number of rotatable bonds is 13. The van der Waals surface area contributed by atoms with E-state index < -0.39 is 60.8 Å². The van der Waals surface area contributed by atoms with Crippen molar-refractivity contribution < 1.29 is 34.2 Å². The first-order chi connectivity index (χ1) is 16.5. The van der Waals surface area contributed by atoms with Gasteiger partial charge in [0.25, 0.3) is 0 Å². The van der Waals surface area contributed by atoms with E-state index in [9.17, 15) is 24.0 Å². The number of aromatic nitrogens is 1. The van der Waals surface area contributed by atoms with Crippen LogP contribution in [0, 0.1) is 5.92 Å². The Morgan fingerprint density at radius 1 is 1.03 bits per heavy atom. The fraction of sp³-hybridized carbons (Fsp3) is 0.435. The average Bonchev–Trinajstić information content (AvgIpc) is 3.20. The number of benzene rings is 1. The van der Waals surface area contributed by atoms with E-state index in [0.717, 1.165) is 16.5 Å². The minimum absolute atomic E-state index is 0.248. The van der Waals surface area contributed by atoms with Crippen LogP contribution in [0.4, 0.5) is 0 Å². The lowest BCUT2D eigenvalue weighted by molar-refractivity contribution is -0.143. The first-order valence-corrected chi connectivity index (χ1v) is 11.1. The molecule has 35 heavy (non-hydrogen) atoms. The molecule has 2 aromatic rings. The first kappa shape index (κ1) is 27.3. The Kier molecular flexibility index (Phi) is 9.76. The summed E-state index contributed by atoms with van der Waals surface area (Å²) in [6, 6.07) is 4.29. The van der Waals surface area contributed by atoms with E-state index >= 15 is 0 Å². The van der Waals surface area contributed by atoms with E-state index in [1.165, 1.54) is 0 Å². The number of H-pyrrole nitrogens is 1. The van der Waals surface area contributed by atoms with Crippen molar-refractivity contribution in [1.82, 2.24) is 20.9 Å². The van der Waals surface area contributed by atoms with Gasteiger partial charge < -0.3 is 36.9 Å². The number of carbonyl (C=O) groups is 5. The first-order valence-electron chi connectivity index (χ1n) is 11.1. The molecular formula is C23H31N5O7. The topological polar surface area (TPSA) is 204 Å². The van der Waals surface area contributed by atoms with Crippen LogP contribution < -0.4 is 21.7 Å². The SMILES string of the molecule is CC(C)C(NC(=O)C(N)Cc1c[nH]c2ccccc12)C(=O)NCC(=O)NC(CCC(=O)O)C(=O)O. The summed E-state index contributed by atoms with van der Waals surface area (Å²) in [7, 11) is 0. The Bertz CT molecular complexity index is 1080. The molecule has 0 aliphatic rings. The van der Waals surface area contributed by atoms with Gasteiger partial charge in [0, 0.05) is 23.5 Å². The highest BCUT2D eigenvalue weighted by atomic mass is 16.4. The number of carbonyl (C=O) groups excluding carboxylic acids is 3. The molecular weight excluding hydrogens is 458 g/mol. The molecule has 0 bridgehead atoms. The van der Waals surface area contributed by atoms with Crippen molar-refractivity contribution in [2.45, 2.75) is 51.2 Å². The molecule has 0 fully saturated rings. The molecule has 190 valence electrons. The minimum atomic E-state index is -1.40. The third kappa shape index (κ3) is 8.10. The zero-order valence-corrected chi connectivity index (χ0v) is 19.5. The van der Waals surface area contributed by atoms with Crippen molar-refractivity contribution in [3.63, 3.8) is 0 Å². The van der Waals surface area contributed by atoms with Crippen LogP contribution in [0.2, 0.25) is 0 Å². The van der Waals surface area contributed by atoms with Crippen LogP contribution in [-0.2, 0) is 30.4 Å². The van der Waals surface area contributed by atoms with E-state index in [0.29, 0.717) is 0 Å². The third-order valence-electron chi connectivity index (χ3n) is 5.40. The van der Waals surface area contributed by atoms with E-state index in [1.807, 2.05) is 24.3 Å². The fourth-order valence-corrected chi connectivity index (χ4v) is 3.47. The molecule has 0 aliphatic carbocycles. The van der Waals surface area contributed by atoms with Gasteiger partial charge in [-0.05, 0) is 30.4 Å². The Morgan fingerprint density at radius 3 is 2.34 bits per heavy atom. The summed E-state index contributed by atoms with van der Waals surface area (Å²) < 4.78 is 0. The lowest BCUT2D eigenvalue weighted by Crippen LogP contribution is -2.55. The molecule has 0 saturated heterocycles. The molecule has 0 aliphatic heterocycles. The average molecular weight is 490 g/mol. The van der Waals surface area contributed by atoms with Crippen molar-refractivity contribution in [3.8, 4) is 0 Å². The summed E-state index contributed by atoms with van der Waals surface area (Å²) in [5.41, 5.74) is 7.86. The maximum Gasteiger partial charge on any atom is 0.326 e. The van der Waals surface area contributed by atoms with Gasteiger partial charge in [0.15, 0.2) is 0 Å². The van der Waals surface area contributed by atoms with E-state index in [1.54, 1.807) is 20.0 Å². The largest absolute Gasteiger partial charge is 0.481 e. The van der Waals surface area contributed by atoms with Gasteiger partial charge in [-0.3, -0.25) is 19.2 Å². The number of amides is 3. The summed E-state index contributed by atoms with van der Waals surface area (Å²) in [6.07, 6.45) is 1.29. The van der Waals surface area contributed by atoms with E-state index in [2.05, 4.69) is 20.9 Å². The van der Waals surface area contributed by atoms with Gasteiger partial charge in [-0.2, -0.15) is 0 Å². The molecule has 3 amide bonds. The van der Waals surface area contributed by atoms with Gasteiger partial charge >= 0.3 is 11.9 Å². The highest BCUT2D eigenvalue weighted by molar-refractivity contribution is 5.93. The number of carboxylic acids is 2. The van der Waals surface area contributed by atoms with Crippen molar-refractivity contribution in [3.05, 3.63) is 36.0 Å². The lowest BCUT2D eigenvalue weighted by atomic mass is 10.0. The normalized spacial score (nSPS) is 13.6. The molecule has 12 heteroatoms. The Labute approximate surface area is 201 Å². The van der Waals surface area contributed by atoms with Crippen molar-refractivity contribution in [2.75, 3.05) is 6.54 Å². The third-order valence-corrected chi connectivity index (χ3v) is 5.40. The van der Waals surface area contributed by atoms with Gasteiger partial charge in [-0.1, -0.05) is 32.0 Å². The molecule has 0 saturated carbocycles. The van der Waals surface area contributed by atoms with Crippen molar-refractivity contribution in [1.29, 1.82) is 0 Å². The molecule has 3 atom stereocenters. The number of nitrogens with one attached hydrogen (secondary N) is 4. The summed E-state index contributed by atoms with van der Waals surface area (Å²) in [4.78, 5) is 62.3. The van der Waals surface area contributed by atoms with Gasteiger partial charge in [0.1, 0.15) is 12.1 Å². The minimum Gasteiger partial charge on any atom is -0.481 e. The van der Waals surface area contributed by atoms with Crippen LogP contribution in [0.1, 0.15) is 32.3 Å². The van der Waals surface area contributed by atoms with Crippen LogP contribution in [0.25, 0.3) is 10.9 Å². The standard InChI is InChI=1S/C23H31N5O7/c1-12(2)20(22(33)26-11-18(29)27-17(23(34)35)7-8-19(30)31)28-21(32)15(24)9-13-10-25-16-6-4-3-5-14(13)16/h3-6,10,12,15,17,20,25H,7-9,11,24H2,1-2H3,(H,26,33)(H,27,29)(H,28,32)(H,30,31)(H,34,35). The number of aliphatic carboxylic acids is 2. The molecule has 1 aromatic heterocycles. The van der Waals surface area contributed by atoms with Gasteiger partial charge in [0.2, 0.25) is 17.7 Å². The van der Waals surface area contributed by atoms with Crippen LogP contribution in [0.15, 0.2) is 30.5 Å². The highest BCUT2D eigenvalue weighted by Gasteiger charge is 2.28. The Balaban J connectivity index is 1.91. The molecule has 8 N–H and O–H groups in total. The van der Waals surface area contributed by atoms with Crippen LogP contribution in [0.3, 0.4) is 0 Å². The second kappa shape index (κ2) is 12.5. The maximum absolute atomic E-state index is 12.7. The zero-order chi connectivity index (χ0) is 26.1. The van der Waals surface area contributed by atoms with Crippen LogP contribution >= 0.6 is 0 Å². The summed E-state index contributed by atoms with van der Waals surface area (Å²) in [6.45, 7) is 2.88. The fourth-order valence-electron chi connectivity index (χ4n) is 3.47. The molecule has 12 nitrogen and oxygen atoms in total. The second-order valence-electron chi connectivity index (χ2n) is 8.51. The number of fused-ring (bicyclic) bond motifs is 1. The van der Waals surface area contributed by atoms with Gasteiger partial charge in [-0.25, -0.2) is 4.79 Å². The number of carboxylic acid groups (broad SMARTS) is 2. The lowest BCUT2D eigenvalue weighted by Gasteiger charge is -2.23. The van der Waals surface area contributed by atoms with Crippen LogP contribution in [-0.4, -0.2) is 69.5 Å². The number of nitrogens with two attached hydrogens (primary N) is 1. The quantitative estimate of drug-likeness (QED) is 0.199. The van der Waals surface area contributed by atoms with Crippen molar-refractivity contribution >= 4 is 40.6 Å². The summed E-state index contributed by atoms with van der Waals surface area (Å²) in [5, 5.41) is 25.9. The Hall–Kier alpha value is -3.93. The smallest absolute Gasteiger partial charge is 0.326 e. The number of hydrogen-bond donors (Lipinski definition) is 7. The predicted molar refractivity (Wildman–Crippen MR) is 126 cm³/mol. The van der Waals surface area contributed by atoms with Gasteiger partial charge in [0.05, 0.1) is 12.6 Å². The summed E-state index contributed by atoms with van der Waals surface area (Å²) >= 11 is 0. The molecule has 2 rings (SSSR count). The number of para-hydroxylation sites is 1. The molecule has 0 radical (unpaired) electrons. The summed E-state index contributed by atoms with van der Waals surface area (Å²) in [5.74, 6) is -4.89. The molecule has 3 unspecified atom stereocenters. The van der Waals surface area contributed by atoms with Gasteiger partial charge in [-0.15, -0.1) is 0 Å². The maximum atomic E-state index is 12.7. The second-order valence-corrected chi connectivity index (χ2v) is 8.51. The van der Waals surface area contributed by atoms with E-state index in [4.69, 9.17) is 15.9 Å².